The molecule has 1 heterocycles. The normalized spacial score (nSPS) is 19.1. The van der Waals surface area contributed by atoms with Crippen LogP contribution in [-0.2, 0) is 20.6 Å². The molecule has 0 aromatic heterocycles. The molecule has 0 amide bonds. The molecule has 0 saturated carbocycles. The number of hydrogen-bond acceptors (Lipinski definition) is 8. The Bertz CT molecular complexity index is 1680. The molecule has 1 saturated heterocycles. The minimum atomic E-state index is -1.22. The number of benzene rings is 4. The van der Waals surface area contributed by atoms with E-state index in [2.05, 4.69) is 0 Å². The van der Waals surface area contributed by atoms with Crippen molar-refractivity contribution in [3.05, 3.63) is 137 Å². The Morgan fingerprint density at radius 1 is 0.714 bits per heavy atom. The van der Waals surface area contributed by atoms with Gasteiger partial charge in [-0.15, -0.1) is 0 Å². The first-order chi connectivity index (χ1) is 23.7. The molecule has 1 aliphatic rings. The SMILES string of the molecule is CCCCOc1cc(F)c(CCN2C[C@H](OC(=O)c3ccccc3)[C@@H](OC(=O)c3ccccc3)[C@H](OC(=O)c3ccccc3)[C@@H]2C)c(F)c1. The summed E-state index contributed by atoms with van der Waals surface area (Å²) < 4.78 is 53.9. The van der Waals surface area contributed by atoms with Crippen molar-refractivity contribution < 1.29 is 42.1 Å². The molecule has 8 nitrogen and oxygen atoms in total. The average molecular weight is 672 g/mol. The summed E-state index contributed by atoms with van der Waals surface area (Å²) in [7, 11) is 0. The third-order valence-electron chi connectivity index (χ3n) is 8.46. The molecule has 4 aromatic rings. The summed E-state index contributed by atoms with van der Waals surface area (Å²) in [5.74, 6) is -3.43. The van der Waals surface area contributed by atoms with Crippen LogP contribution in [0.3, 0.4) is 0 Å². The van der Waals surface area contributed by atoms with E-state index in [1.54, 1.807) is 97.9 Å². The van der Waals surface area contributed by atoms with Gasteiger partial charge < -0.3 is 18.9 Å². The predicted octanol–water partition coefficient (Wildman–Crippen LogP) is 7.07. The van der Waals surface area contributed by atoms with E-state index in [1.807, 2.05) is 11.8 Å². The van der Waals surface area contributed by atoms with E-state index in [4.69, 9.17) is 18.9 Å². The van der Waals surface area contributed by atoms with Gasteiger partial charge in [-0.3, -0.25) is 4.90 Å². The van der Waals surface area contributed by atoms with Crippen LogP contribution in [0.4, 0.5) is 8.78 Å². The molecule has 1 fully saturated rings. The number of carbonyl (C=O) groups excluding carboxylic acids is 3. The van der Waals surface area contributed by atoms with Gasteiger partial charge >= 0.3 is 17.9 Å². The lowest BCUT2D eigenvalue weighted by Crippen LogP contribution is -2.63. The maximum Gasteiger partial charge on any atom is 0.338 e. The van der Waals surface area contributed by atoms with Crippen LogP contribution in [0.25, 0.3) is 0 Å². The molecule has 256 valence electrons. The topological polar surface area (TPSA) is 91.4 Å². The van der Waals surface area contributed by atoms with Gasteiger partial charge in [0.05, 0.1) is 23.3 Å². The van der Waals surface area contributed by atoms with Crippen LogP contribution in [0.1, 0.15) is 63.3 Å². The highest BCUT2D eigenvalue weighted by Crippen LogP contribution is 2.30. The van der Waals surface area contributed by atoms with Gasteiger partial charge in [0.1, 0.15) is 17.4 Å². The zero-order valence-corrected chi connectivity index (χ0v) is 27.4. The summed E-state index contributed by atoms with van der Waals surface area (Å²) in [5.41, 5.74) is 0.655. The number of unbranched alkanes of at least 4 members (excludes halogenated alkanes) is 1. The largest absolute Gasteiger partial charge is 0.493 e. The van der Waals surface area contributed by atoms with E-state index in [0.717, 1.165) is 12.8 Å². The van der Waals surface area contributed by atoms with Crippen molar-refractivity contribution in [1.29, 1.82) is 0 Å². The van der Waals surface area contributed by atoms with Gasteiger partial charge in [0.25, 0.3) is 0 Å². The third kappa shape index (κ3) is 9.08. The summed E-state index contributed by atoms with van der Waals surface area (Å²) >= 11 is 0. The van der Waals surface area contributed by atoms with E-state index in [9.17, 15) is 14.4 Å². The number of piperidine rings is 1. The van der Waals surface area contributed by atoms with Gasteiger partial charge in [-0.25, -0.2) is 23.2 Å². The Hall–Kier alpha value is -5.09. The molecule has 49 heavy (non-hydrogen) atoms. The van der Waals surface area contributed by atoms with Crippen LogP contribution in [-0.4, -0.2) is 66.9 Å². The number of ether oxygens (including phenoxy) is 4. The van der Waals surface area contributed by atoms with Crippen molar-refractivity contribution >= 4 is 17.9 Å². The maximum absolute atomic E-state index is 15.2. The van der Waals surface area contributed by atoms with Crippen LogP contribution in [0.15, 0.2) is 103 Å². The number of esters is 3. The Balaban J connectivity index is 1.45. The number of rotatable bonds is 13. The second-order valence-corrected chi connectivity index (χ2v) is 11.8. The number of likely N-dealkylation sites (tertiary alicyclic amines) is 1. The minimum absolute atomic E-state index is 0.0211. The smallest absolute Gasteiger partial charge is 0.338 e. The Kier molecular flexibility index (Phi) is 12.1. The Morgan fingerprint density at radius 3 is 1.67 bits per heavy atom. The molecule has 0 aliphatic carbocycles. The van der Waals surface area contributed by atoms with E-state index in [-0.39, 0.29) is 47.5 Å². The van der Waals surface area contributed by atoms with Gasteiger partial charge in [-0.1, -0.05) is 67.9 Å². The quantitative estimate of drug-likeness (QED) is 0.0848. The third-order valence-corrected chi connectivity index (χ3v) is 8.46. The molecule has 0 bridgehead atoms. The number of nitrogens with zero attached hydrogens (tertiary/aromatic N) is 1. The average Bonchev–Trinajstić information content (AvgIpc) is 3.12. The van der Waals surface area contributed by atoms with Crippen molar-refractivity contribution in [2.24, 2.45) is 0 Å². The minimum Gasteiger partial charge on any atom is -0.493 e. The van der Waals surface area contributed by atoms with E-state index < -0.39 is 53.9 Å². The lowest BCUT2D eigenvalue weighted by atomic mass is 9.93. The summed E-state index contributed by atoms with van der Waals surface area (Å²) in [6.07, 6.45) is -1.88. The van der Waals surface area contributed by atoms with Gasteiger partial charge in [-0.2, -0.15) is 0 Å². The lowest BCUT2D eigenvalue weighted by Gasteiger charge is -2.46. The van der Waals surface area contributed by atoms with Crippen LogP contribution >= 0.6 is 0 Å². The first-order valence-electron chi connectivity index (χ1n) is 16.4. The Labute approximate surface area is 284 Å². The first kappa shape index (κ1) is 35.2. The van der Waals surface area contributed by atoms with Gasteiger partial charge in [-0.05, 0) is 56.2 Å². The van der Waals surface area contributed by atoms with Gasteiger partial charge in [0, 0.05) is 36.8 Å². The summed E-state index contributed by atoms with van der Waals surface area (Å²) in [4.78, 5) is 42.0. The molecule has 10 heteroatoms. The molecular formula is C39H39F2NO7. The fraction of sp³-hybridized carbons (Fsp3) is 0.308. The van der Waals surface area contributed by atoms with Crippen molar-refractivity contribution in [1.82, 2.24) is 4.90 Å². The van der Waals surface area contributed by atoms with E-state index >= 15 is 8.78 Å². The van der Waals surface area contributed by atoms with Crippen LogP contribution < -0.4 is 4.74 Å². The number of carbonyl (C=O) groups is 3. The fourth-order valence-corrected chi connectivity index (χ4v) is 5.71. The highest BCUT2D eigenvalue weighted by atomic mass is 19.1. The van der Waals surface area contributed by atoms with Gasteiger partial charge in [0.2, 0.25) is 0 Å². The van der Waals surface area contributed by atoms with Crippen LogP contribution in [0.2, 0.25) is 0 Å². The number of hydrogen-bond donors (Lipinski definition) is 0. The molecule has 5 rings (SSSR count). The molecule has 0 radical (unpaired) electrons. The maximum atomic E-state index is 15.2. The van der Waals surface area contributed by atoms with Crippen molar-refractivity contribution in [3.63, 3.8) is 0 Å². The monoisotopic (exact) mass is 671 g/mol. The van der Waals surface area contributed by atoms with Crippen LogP contribution in [0, 0.1) is 11.6 Å². The zero-order valence-electron chi connectivity index (χ0n) is 27.4. The van der Waals surface area contributed by atoms with Gasteiger partial charge in [0.15, 0.2) is 18.3 Å². The van der Waals surface area contributed by atoms with Crippen molar-refractivity contribution in [2.75, 3.05) is 19.7 Å². The van der Waals surface area contributed by atoms with Crippen molar-refractivity contribution in [2.45, 2.75) is 57.5 Å². The summed E-state index contributed by atoms with van der Waals surface area (Å²) in [6, 6.07) is 26.6. The standard InChI is InChI=1S/C39H39F2NO7/c1-3-4-22-46-30-23-32(40)31(33(41)24-30)20-21-42-25-34(47-37(43)27-14-8-5-9-15-27)36(49-39(45)29-18-12-7-13-19-29)35(26(42)2)48-38(44)28-16-10-6-11-17-28/h5-19,23-24,26,34-36H,3-4,20-22,25H2,1-2H3/t26-,34-,35+,36+/m0/s1. The Morgan fingerprint density at radius 2 is 1.18 bits per heavy atom. The fourth-order valence-electron chi connectivity index (χ4n) is 5.71. The molecule has 0 spiro atoms. The molecule has 0 unspecified atom stereocenters. The second kappa shape index (κ2) is 16.8. The van der Waals surface area contributed by atoms with Crippen molar-refractivity contribution in [3.8, 4) is 5.75 Å². The molecule has 0 N–H and O–H groups in total. The predicted molar refractivity (Wildman–Crippen MR) is 178 cm³/mol. The highest BCUT2D eigenvalue weighted by Gasteiger charge is 2.48. The van der Waals surface area contributed by atoms with E-state index in [1.165, 1.54) is 12.1 Å². The first-order valence-corrected chi connectivity index (χ1v) is 16.4. The highest BCUT2D eigenvalue weighted by molar-refractivity contribution is 5.91. The lowest BCUT2D eigenvalue weighted by molar-refractivity contribution is -0.143. The van der Waals surface area contributed by atoms with E-state index in [0.29, 0.717) is 6.61 Å². The summed E-state index contributed by atoms with van der Waals surface area (Å²) in [5, 5.41) is 0. The zero-order chi connectivity index (χ0) is 34.8. The molecular weight excluding hydrogens is 632 g/mol. The second-order valence-electron chi connectivity index (χ2n) is 11.8. The van der Waals surface area contributed by atoms with Crippen LogP contribution in [0.5, 0.6) is 5.75 Å². The number of halogens is 2. The molecule has 4 aromatic carbocycles. The molecule has 4 atom stereocenters. The molecule has 1 aliphatic heterocycles. The summed E-state index contributed by atoms with van der Waals surface area (Å²) in [6.45, 7) is 4.22.